The van der Waals surface area contributed by atoms with Crippen molar-refractivity contribution in [3.8, 4) is 0 Å². The summed E-state index contributed by atoms with van der Waals surface area (Å²) in [5.74, 6) is -0.445. The highest BCUT2D eigenvalue weighted by molar-refractivity contribution is 7.12. The molecule has 1 fully saturated rings. The number of carbonyl (C=O) groups excluding carboxylic acids is 3. The summed E-state index contributed by atoms with van der Waals surface area (Å²) in [7, 11) is 0. The molecule has 2 aliphatic heterocycles. The number of nitrogens with zero attached hydrogens (tertiary/aromatic N) is 3. The van der Waals surface area contributed by atoms with Crippen LogP contribution in [-0.2, 0) is 17.9 Å². The fraction of sp³-hybridized carbons (Fsp3) is 0.281. The van der Waals surface area contributed by atoms with Gasteiger partial charge in [0.2, 0.25) is 5.91 Å². The molecule has 1 N–H and O–H groups in total. The van der Waals surface area contributed by atoms with Crippen LogP contribution in [0.25, 0.3) is 10.8 Å². The number of hydrogen-bond donors (Lipinski definition) is 1. The van der Waals surface area contributed by atoms with Gasteiger partial charge in [-0.25, -0.2) is 4.79 Å². The summed E-state index contributed by atoms with van der Waals surface area (Å²) in [5.41, 5.74) is 2.60. The largest absolute Gasteiger partial charge is 0.334 e. The smallest absolute Gasteiger partial charge is 0.323 e. The number of rotatable bonds is 5. The van der Waals surface area contributed by atoms with E-state index >= 15 is 0 Å². The first-order valence-electron chi connectivity index (χ1n) is 13.7. The fourth-order valence-corrected chi connectivity index (χ4v) is 6.55. The molecule has 1 aromatic heterocycles. The van der Waals surface area contributed by atoms with E-state index in [4.69, 9.17) is 0 Å². The Hall–Kier alpha value is -4.17. The molecule has 2 unspecified atom stereocenters. The van der Waals surface area contributed by atoms with Gasteiger partial charge in [-0.15, -0.1) is 11.3 Å². The molecule has 8 heteroatoms. The molecular formula is C32H32N4O3S. The molecular weight excluding hydrogens is 520 g/mol. The van der Waals surface area contributed by atoms with Crippen LogP contribution < -0.4 is 10.2 Å². The summed E-state index contributed by atoms with van der Waals surface area (Å²) in [6.07, 6.45) is -0.612. The minimum absolute atomic E-state index is 0.0124. The molecule has 3 aromatic carbocycles. The molecule has 6 rings (SSSR count). The first kappa shape index (κ1) is 26.1. The van der Waals surface area contributed by atoms with E-state index in [1.54, 1.807) is 9.80 Å². The van der Waals surface area contributed by atoms with Gasteiger partial charge < -0.3 is 15.1 Å². The molecule has 2 atom stereocenters. The predicted molar refractivity (Wildman–Crippen MR) is 158 cm³/mol. The molecule has 0 aliphatic carbocycles. The van der Waals surface area contributed by atoms with Gasteiger partial charge in [0.15, 0.2) is 0 Å². The number of hydrogen-bond acceptors (Lipinski definition) is 4. The van der Waals surface area contributed by atoms with Crippen LogP contribution in [0.1, 0.15) is 34.6 Å². The predicted octanol–water partition coefficient (Wildman–Crippen LogP) is 5.71. The van der Waals surface area contributed by atoms with Gasteiger partial charge in [-0.05, 0) is 45.3 Å². The lowest BCUT2D eigenvalue weighted by Gasteiger charge is -2.43. The van der Waals surface area contributed by atoms with Gasteiger partial charge in [0.1, 0.15) is 11.0 Å². The van der Waals surface area contributed by atoms with Crippen LogP contribution in [-0.4, -0.2) is 46.9 Å². The Labute approximate surface area is 238 Å². The van der Waals surface area contributed by atoms with Crippen molar-refractivity contribution in [2.24, 2.45) is 11.8 Å². The molecule has 204 valence electrons. The van der Waals surface area contributed by atoms with Crippen molar-refractivity contribution < 1.29 is 14.4 Å². The van der Waals surface area contributed by atoms with E-state index in [1.165, 1.54) is 11.3 Å². The van der Waals surface area contributed by atoms with Crippen molar-refractivity contribution in [3.63, 3.8) is 0 Å². The maximum atomic E-state index is 14.0. The van der Waals surface area contributed by atoms with Crippen molar-refractivity contribution in [2.75, 3.05) is 18.0 Å². The average Bonchev–Trinajstić information content (AvgIpc) is 3.40. The third kappa shape index (κ3) is 4.84. The van der Waals surface area contributed by atoms with E-state index in [0.717, 1.165) is 21.9 Å². The number of anilines is 1. The highest BCUT2D eigenvalue weighted by Gasteiger charge is 2.47. The number of urea groups is 1. The number of benzene rings is 3. The van der Waals surface area contributed by atoms with Crippen LogP contribution in [0.5, 0.6) is 0 Å². The molecule has 7 nitrogen and oxygen atoms in total. The maximum absolute atomic E-state index is 14.0. The van der Waals surface area contributed by atoms with E-state index in [-0.39, 0.29) is 42.8 Å². The topological polar surface area (TPSA) is 73.0 Å². The minimum atomic E-state index is -0.612. The zero-order valence-electron chi connectivity index (χ0n) is 22.6. The highest BCUT2D eigenvalue weighted by atomic mass is 32.1. The van der Waals surface area contributed by atoms with Gasteiger partial charge in [-0.1, -0.05) is 80.6 Å². The lowest BCUT2D eigenvalue weighted by Crippen LogP contribution is -2.61. The van der Waals surface area contributed by atoms with Crippen LogP contribution in [0.2, 0.25) is 0 Å². The van der Waals surface area contributed by atoms with Crippen molar-refractivity contribution >= 4 is 45.6 Å². The molecule has 40 heavy (non-hydrogen) atoms. The van der Waals surface area contributed by atoms with Crippen molar-refractivity contribution in [1.82, 2.24) is 15.1 Å². The Balaban J connectivity index is 1.35. The molecule has 0 saturated carbocycles. The Morgan fingerprint density at radius 3 is 2.45 bits per heavy atom. The molecule has 4 amide bonds. The Bertz CT molecular complexity index is 1570. The van der Waals surface area contributed by atoms with Crippen LogP contribution in [0.4, 0.5) is 10.5 Å². The number of thiophene rings is 1. The van der Waals surface area contributed by atoms with E-state index < -0.39 is 6.17 Å². The Morgan fingerprint density at radius 1 is 0.925 bits per heavy atom. The second-order valence-corrected chi connectivity index (χ2v) is 11.8. The number of carbonyl (C=O) groups is 3. The van der Waals surface area contributed by atoms with Gasteiger partial charge in [-0.2, -0.15) is 0 Å². The van der Waals surface area contributed by atoms with Crippen molar-refractivity contribution in [2.45, 2.75) is 33.1 Å². The minimum Gasteiger partial charge on any atom is -0.334 e. The van der Waals surface area contributed by atoms with Crippen LogP contribution >= 0.6 is 11.3 Å². The standard InChI is InChI=1S/C32H32N4O3S/c1-21(2)26-19-35-28(20-34(30(26)37)18-23-12-13-24-10-6-7-11-25(24)16-23)36(27-14-15-40-29(27)31(35)38)32(39)33-17-22-8-4-3-5-9-22/h3-16,21,26,28H,17-20H2,1-2H3,(H,33,39). The third-order valence-corrected chi connectivity index (χ3v) is 8.81. The molecule has 4 aromatic rings. The first-order valence-corrected chi connectivity index (χ1v) is 14.5. The van der Waals surface area contributed by atoms with Gasteiger partial charge >= 0.3 is 6.03 Å². The van der Waals surface area contributed by atoms with E-state index in [0.29, 0.717) is 23.7 Å². The van der Waals surface area contributed by atoms with Gasteiger partial charge in [0, 0.05) is 19.6 Å². The maximum Gasteiger partial charge on any atom is 0.323 e. The molecule has 0 radical (unpaired) electrons. The third-order valence-electron chi connectivity index (χ3n) is 7.92. The average molecular weight is 553 g/mol. The van der Waals surface area contributed by atoms with Crippen LogP contribution in [0.3, 0.4) is 0 Å². The zero-order valence-corrected chi connectivity index (χ0v) is 23.4. The van der Waals surface area contributed by atoms with Crippen molar-refractivity contribution in [3.05, 3.63) is 100 Å². The normalized spacial score (nSPS) is 19.0. The van der Waals surface area contributed by atoms with Gasteiger partial charge in [0.05, 0.1) is 18.2 Å². The summed E-state index contributed by atoms with van der Waals surface area (Å²) in [6.45, 7) is 5.31. The number of nitrogens with one attached hydrogen (secondary N) is 1. The quantitative estimate of drug-likeness (QED) is 0.345. The summed E-state index contributed by atoms with van der Waals surface area (Å²) in [6, 6.07) is 25.7. The first-order chi connectivity index (χ1) is 19.4. The fourth-order valence-electron chi connectivity index (χ4n) is 5.71. The zero-order chi connectivity index (χ0) is 27.8. The summed E-state index contributed by atoms with van der Waals surface area (Å²) in [5, 5.41) is 7.15. The summed E-state index contributed by atoms with van der Waals surface area (Å²) in [4.78, 5) is 47.3. The molecule has 3 heterocycles. The lowest BCUT2D eigenvalue weighted by molar-refractivity contribution is -0.136. The summed E-state index contributed by atoms with van der Waals surface area (Å²) >= 11 is 1.34. The van der Waals surface area contributed by atoms with Crippen LogP contribution in [0.15, 0.2) is 84.2 Å². The van der Waals surface area contributed by atoms with E-state index in [1.807, 2.05) is 72.7 Å². The molecule has 0 bridgehead atoms. The number of amides is 4. The Morgan fingerprint density at radius 2 is 1.68 bits per heavy atom. The van der Waals surface area contributed by atoms with E-state index in [9.17, 15) is 14.4 Å². The second kappa shape index (κ2) is 10.8. The molecule has 1 saturated heterocycles. The van der Waals surface area contributed by atoms with Crippen molar-refractivity contribution in [1.29, 1.82) is 0 Å². The van der Waals surface area contributed by atoms with E-state index in [2.05, 4.69) is 35.6 Å². The highest BCUT2D eigenvalue weighted by Crippen LogP contribution is 2.38. The monoisotopic (exact) mass is 552 g/mol. The summed E-state index contributed by atoms with van der Waals surface area (Å²) < 4.78 is 0. The molecule has 2 aliphatic rings. The van der Waals surface area contributed by atoms with Gasteiger partial charge in [-0.3, -0.25) is 14.5 Å². The van der Waals surface area contributed by atoms with Crippen LogP contribution in [0, 0.1) is 11.8 Å². The lowest BCUT2D eigenvalue weighted by atomic mass is 9.93. The number of fused-ring (bicyclic) bond motifs is 3. The SMILES string of the molecule is CC(C)C1CN2C(=O)c3sccc3N(C(=O)NCc3ccccc3)C2CN(Cc2ccc3ccccc3c2)C1=O. The Kier molecular flexibility index (Phi) is 7.02. The second-order valence-electron chi connectivity index (χ2n) is 10.8. The van der Waals surface area contributed by atoms with Gasteiger partial charge in [0.25, 0.3) is 5.91 Å². The molecule has 0 spiro atoms.